The van der Waals surface area contributed by atoms with Gasteiger partial charge in [0.1, 0.15) is 0 Å². The van der Waals surface area contributed by atoms with Gasteiger partial charge in [0, 0.05) is 18.6 Å². The van der Waals surface area contributed by atoms with E-state index >= 15 is 0 Å². The zero-order valence-electron chi connectivity index (χ0n) is 4.90. The summed E-state index contributed by atoms with van der Waals surface area (Å²) in [7, 11) is 1.56. The molecule has 0 amide bonds. The molecule has 0 fully saturated rings. The Morgan fingerprint density at radius 2 is 0.900 bits per heavy atom. The van der Waals surface area contributed by atoms with Crippen LogP contribution in [-0.4, -0.2) is 19.5 Å². The third kappa shape index (κ3) is 2240. The smallest absolute Gasteiger partial charge is 0.549 e. The first kappa shape index (κ1) is 78.2. The van der Waals surface area contributed by atoms with Crippen molar-refractivity contribution in [1.29, 1.82) is 0 Å². The number of hydrogen-bond donors (Lipinski definition) is 0. The van der Waals surface area contributed by atoms with Crippen LogP contribution >= 0.6 is 0 Å². The van der Waals surface area contributed by atoms with Gasteiger partial charge in [-0.1, -0.05) is 0 Å². The van der Waals surface area contributed by atoms with E-state index in [2.05, 4.69) is 10.2 Å². The Morgan fingerprint density at radius 1 is 0.900 bits per heavy atom. The van der Waals surface area contributed by atoms with Crippen LogP contribution in [0.4, 0.5) is 0 Å². The van der Waals surface area contributed by atoms with Crippen molar-refractivity contribution in [2.24, 2.45) is 0 Å². The fraction of sp³-hybridized carbons (Fsp3) is 1.00. The number of hydrogen-bond acceptors (Lipinski definition) is 2. The van der Waals surface area contributed by atoms with E-state index in [1.54, 1.807) is 6.55 Å². The molecule has 0 rings (SSSR count). The van der Waals surface area contributed by atoms with Gasteiger partial charge >= 0.3 is 26.1 Å². The summed E-state index contributed by atoms with van der Waals surface area (Å²) in [6, 6.07) is 0. The van der Waals surface area contributed by atoms with Crippen LogP contribution in [0.1, 0.15) is 0 Å². The largest absolute Gasteiger partial charge is 2.00 e. The zero-order valence-corrected chi connectivity index (χ0v) is 8.29. The summed E-state index contributed by atoms with van der Waals surface area (Å²) in [5.41, 5.74) is 0. The first-order chi connectivity index (χ1) is 2.41. The van der Waals surface area contributed by atoms with Gasteiger partial charge < -0.3 is 21.9 Å². The summed E-state index contributed by atoms with van der Waals surface area (Å²) >= 11 is 0. The molecule has 0 saturated heterocycles. The first-order valence-electron chi connectivity index (χ1n) is 0.908. The Bertz CT molecular complexity index is 36.7. The Balaban J connectivity index is -0.00000000246. The quantitative estimate of drug-likeness (QED) is 0.484. The van der Waals surface area contributed by atoms with Gasteiger partial charge in [0.15, 0.2) is 0 Å². The van der Waals surface area contributed by atoms with Gasteiger partial charge in [0.05, 0.1) is 0 Å². The molecular weight excluding hydrogens is 215 g/mol. The Labute approximate surface area is 75.9 Å². The van der Waals surface area contributed by atoms with E-state index in [0.29, 0.717) is 0 Å². The fourth-order valence-electron chi connectivity index (χ4n) is 0. The van der Waals surface area contributed by atoms with Crippen LogP contribution < -0.4 is 0 Å². The van der Waals surface area contributed by atoms with Crippen molar-refractivity contribution in [1.82, 2.24) is 0 Å². The summed E-state index contributed by atoms with van der Waals surface area (Å²) in [4.78, 5) is 0. The van der Waals surface area contributed by atoms with Crippen LogP contribution in [0.15, 0.2) is 0 Å². The van der Waals surface area contributed by atoms with Gasteiger partial charge in [-0.15, -0.1) is 0 Å². The van der Waals surface area contributed by atoms with Crippen molar-refractivity contribution in [3.05, 3.63) is 0 Å². The van der Waals surface area contributed by atoms with E-state index in [-0.39, 0.29) is 40.5 Å². The van der Waals surface area contributed by atoms with Crippen LogP contribution in [0.2, 0.25) is 6.55 Å². The second-order valence-electron chi connectivity index (χ2n) is 0.0833. The second kappa shape index (κ2) is 318. The molecular formula is CH3O6Si2V-5. The average molecular weight is 218 g/mol. The van der Waals surface area contributed by atoms with Gasteiger partial charge in [0.25, 0.3) is 0 Å². The molecule has 0 aliphatic carbocycles. The summed E-state index contributed by atoms with van der Waals surface area (Å²) < 4.78 is 16.8. The molecule has 0 heterocycles. The zero-order chi connectivity index (χ0) is 4.71. The van der Waals surface area contributed by atoms with Crippen LogP contribution in [0.3, 0.4) is 0 Å². The maximum Gasteiger partial charge on any atom is 0.549 e. The molecule has 0 unspecified atom stereocenters. The van der Waals surface area contributed by atoms with Crippen molar-refractivity contribution < 1.29 is 49.4 Å². The molecule has 9 heteroatoms. The molecule has 10 heavy (non-hydrogen) atoms. The molecule has 0 bridgehead atoms. The van der Waals surface area contributed by atoms with Gasteiger partial charge in [-0.3, -0.25) is 8.92 Å². The van der Waals surface area contributed by atoms with Crippen molar-refractivity contribution >= 4 is 19.5 Å². The van der Waals surface area contributed by atoms with Crippen LogP contribution in [0.25, 0.3) is 0 Å². The van der Waals surface area contributed by atoms with Crippen molar-refractivity contribution in [2.45, 2.75) is 6.55 Å². The van der Waals surface area contributed by atoms with E-state index in [9.17, 15) is 0 Å². The summed E-state index contributed by atoms with van der Waals surface area (Å²) in [6.07, 6.45) is 0. The molecule has 0 aliphatic heterocycles. The molecule has 0 N–H and O–H groups in total. The predicted octanol–water partition coefficient (Wildman–Crippen LogP) is -0.893. The monoisotopic (exact) mass is 218 g/mol. The van der Waals surface area contributed by atoms with Gasteiger partial charge in [0.2, 0.25) is 0 Å². The molecule has 0 atom stereocenters. The summed E-state index contributed by atoms with van der Waals surface area (Å²) in [5, 5.41) is 0. The molecule has 1 radical (unpaired) electrons. The van der Waals surface area contributed by atoms with Gasteiger partial charge in [-0.05, 0) is 0 Å². The van der Waals surface area contributed by atoms with Crippen LogP contribution in [-0.2, 0) is 49.4 Å². The van der Waals surface area contributed by atoms with Crippen molar-refractivity contribution in [2.75, 3.05) is 0 Å². The summed E-state index contributed by atoms with van der Waals surface area (Å²) in [5.74, 6) is 0. The molecule has 0 saturated carbocycles. The van der Waals surface area contributed by atoms with Crippen LogP contribution in [0, 0.1) is 0 Å². The third-order valence-electron chi connectivity index (χ3n) is 0. The van der Waals surface area contributed by atoms with E-state index in [1.807, 2.05) is 0 Å². The number of rotatable bonds is 0. The van der Waals surface area contributed by atoms with Crippen molar-refractivity contribution in [3.8, 4) is 0 Å². The minimum absolute atomic E-state index is 0. The molecule has 0 aromatic carbocycles. The average Bonchev–Trinajstić information content (AvgIpc) is 1.46. The molecule has 6 nitrogen and oxygen atoms in total. The molecule has 61 valence electrons. The maximum atomic E-state index is 8.40. The second-order valence-corrected chi connectivity index (χ2v) is 0.250. The first-order valence-corrected chi connectivity index (χ1v) is 2.72. The van der Waals surface area contributed by atoms with Gasteiger partial charge in [-0.25, -0.2) is 0 Å². The maximum absolute atomic E-state index is 8.40. The minimum Gasteiger partial charge on any atom is -2.00 e. The van der Waals surface area contributed by atoms with Gasteiger partial charge in [-0.2, -0.15) is 0 Å². The van der Waals surface area contributed by atoms with E-state index in [4.69, 9.17) is 8.92 Å². The standard InChI is InChI=1S/CH3Si.O2Si.4O.V/c1-2;1-3-2;;;;;/h1H3;;;;;;/q+3;;4*-2;. The summed E-state index contributed by atoms with van der Waals surface area (Å²) in [6.45, 7) is 1.81. The topological polar surface area (TPSA) is 148 Å². The molecule has 0 aromatic rings. The Kier molecular flexibility index (Phi) is 2490. The fourth-order valence-corrected chi connectivity index (χ4v) is 0. The molecule has 0 spiro atoms. The SMILES string of the molecule is C[Si+3].O=[Si]=O.[O-2].[O-2].[O-2].[O-2].[V]. The minimum atomic E-state index is -1.42. The van der Waals surface area contributed by atoms with E-state index in [0.717, 1.165) is 0 Å². The Hall–Kier alpha value is 0.458. The van der Waals surface area contributed by atoms with Crippen molar-refractivity contribution in [3.63, 3.8) is 0 Å². The predicted molar refractivity (Wildman–Crippen MR) is 21.5 cm³/mol. The van der Waals surface area contributed by atoms with Crippen LogP contribution in [0.5, 0.6) is 0 Å². The third-order valence-corrected chi connectivity index (χ3v) is 0. The molecule has 0 aromatic heterocycles. The normalized spacial score (nSPS) is 1.50. The van der Waals surface area contributed by atoms with E-state index in [1.165, 1.54) is 0 Å². The van der Waals surface area contributed by atoms with E-state index < -0.39 is 9.29 Å². The molecule has 0 aliphatic rings. The Morgan fingerprint density at radius 3 is 0.900 bits per heavy atom.